The Kier molecular flexibility index (Phi) is 4.80. The Bertz CT molecular complexity index is 433. The number of hydrogen-bond donors (Lipinski definition) is 0. The number of carbonyl (C=O) groups excluding carboxylic acids is 1. The van der Waals surface area contributed by atoms with Crippen LogP contribution in [-0.4, -0.2) is 44.2 Å². The molecule has 0 aliphatic carbocycles. The molecule has 4 nitrogen and oxygen atoms in total. The number of para-hydroxylation sites is 1. The summed E-state index contributed by atoms with van der Waals surface area (Å²) in [5.41, 5.74) is 1.24. The van der Waals surface area contributed by atoms with Crippen LogP contribution in [0.15, 0.2) is 24.3 Å². The minimum atomic E-state index is -0.162. The van der Waals surface area contributed by atoms with Crippen molar-refractivity contribution in [3.63, 3.8) is 0 Å². The van der Waals surface area contributed by atoms with E-state index in [-0.39, 0.29) is 5.97 Å². The predicted octanol–water partition coefficient (Wildman–Crippen LogP) is 2.05. The summed E-state index contributed by atoms with van der Waals surface area (Å²) < 4.78 is 10.6. The molecular formula is C15H21NO3. The quantitative estimate of drug-likeness (QED) is 0.762. The second kappa shape index (κ2) is 6.57. The third kappa shape index (κ3) is 3.70. The Morgan fingerprint density at radius 2 is 2.26 bits per heavy atom. The second-order valence-corrected chi connectivity index (χ2v) is 4.87. The maximum Gasteiger partial charge on any atom is 0.320 e. The van der Waals surface area contributed by atoms with E-state index >= 15 is 0 Å². The van der Waals surface area contributed by atoms with Crippen LogP contribution in [0.25, 0.3) is 0 Å². The molecule has 1 atom stereocenters. The topological polar surface area (TPSA) is 38.8 Å². The Balaban J connectivity index is 1.95. The van der Waals surface area contributed by atoms with E-state index in [0.717, 1.165) is 25.3 Å². The summed E-state index contributed by atoms with van der Waals surface area (Å²) in [5.74, 6) is 1.23. The molecule has 1 aromatic carbocycles. The van der Waals surface area contributed by atoms with Crippen molar-refractivity contribution in [1.82, 2.24) is 4.90 Å². The molecule has 0 aromatic heterocycles. The molecular weight excluding hydrogens is 242 g/mol. The summed E-state index contributed by atoms with van der Waals surface area (Å²) in [5, 5.41) is 0. The zero-order valence-corrected chi connectivity index (χ0v) is 11.6. The molecule has 0 spiro atoms. The van der Waals surface area contributed by atoms with Gasteiger partial charge in [-0.15, -0.1) is 0 Å². The highest BCUT2D eigenvalue weighted by Gasteiger charge is 2.22. The van der Waals surface area contributed by atoms with E-state index in [2.05, 4.69) is 6.07 Å². The zero-order valence-electron chi connectivity index (χ0n) is 11.6. The van der Waals surface area contributed by atoms with Crippen LogP contribution in [0.1, 0.15) is 24.8 Å². The fraction of sp³-hybridized carbons (Fsp3) is 0.533. The third-order valence-corrected chi connectivity index (χ3v) is 3.32. The summed E-state index contributed by atoms with van der Waals surface area (Å²) >= 11 is 0. The van der Waals surface area contributed by atoms with Crippen LogP contribution < -0.4 is 4.74 Å². The summed E-state index contributed by atoms with van der Waals surface area (Å²) in [6, 6.07) is 8.14. The standard InChI is InChI=1S/C15H21NO3/c1-3-18-15(17)11-16(2)10-12-8-9-19-14-7-5-4-6-13(12)14/h4-7,12H,3,8-11H2,1-2H3. The van der Waals surface area contributed by atoms with Gasteiger partial charge >= 0.3 is 5.97 Å². The summed E-state index contributed by atoms with van der Waals surface area (Å²) in [4.78, 5) is 13.5. The Morgan fingerprint density at radius 1 is 1.47 bits per heavy atom. The first-order chi connectivity index (χ1) is 9.20. The van der Waals surface area contributed by atoms with Gasteiger partial charge in [0, 0.05) is 12.5 Å². The monoisotopic (exact) mass is 263 g/mol. The van der Waals surface area contributed by atoms with Crippen LogP contribution in [0.2, 0.25) is 0 Å². The molecule has 0 amide bonds. The normalized spacial score (nSPS) is 17.7. The fourth-order valence-electron chi connectivity index (χ4n) is 2.47. The van der Waals surface area contributed by atoms with Crippen LogP contribution in [0.5, 0.6) is 5.75 Å². The van der Waals surface area contributed by atoms with Gasteiger partial charge in [-0.1, -0.05) is 18.2 Å². The number of carbonyl (C=O) groups is 1. The first-order valence-corrected chi connectivity index (χ1v) is 6.76. The van der Waals surface area contributed by atoms with Gasteiger partial charge in [-0.2, -0.15) is 0 Å². The maximum atomic E-state index is 11.5. The summed E-state index contributed by atoms with van der Waals surface area (Å²) in [7, 11) is 1.95. The zero-order chi connectivity index (χ0) is 13.7. The minimum Gasteiger partial charge on any atom is -0.493 e. The lowest BCUT2D eigenvalue weighted by molar-refractivity contribution is -0.144. The lowest BCUT2D eigenvalue weighted by Crippen LogP contribution is -2.32. The highest BCUT2D eigenvalue weighted by Crippen LogP contribution is 2.33. The van der Waals surface area contributed by atoms with E-state index in [1.807, 2.05) is 37.1 Å². The smallest absolute Gasteiger partial charge is 0.320 e. The fourth-order valence-corrected chi connectivity index (χ4v) is 2.47. The predicted molar refractivity (Wildman–Crippen MR) is 73.4 cm³/mol. The minimum absolute atomic E-state index is 0.162. The van der Waals surface area contributed by atoms with Crippen molar-refractivity contribution >= 4 is 5.97 Å². The molecule has 2 rings (SSSR count). The summed E-state index contributed by atoms with van der Waals surface area (Å²) in [6.07, 6.45) is 0.990. The van der Waals surface area contributed by atoms with Crippen LogP contribution in [-0.2, 0) is 9.53 Å². The molecule has 1 aliphatic heterocycles. The third-order valence-electron chi connectivity index (χ3n) is 3.32. The molecule has 1 aromatic rings. The van der Waals surface area contributed by atoms with Crippen molar-refractivity contribution in [3.05, 3.63) is 29.8 Å². The van der Waals surface area contributed by atoms with Crippen LogP contribution in [0.4, 0.5) is 0 Å². The van der Waals surface area contributed by atoms with E-state index in [9.17, 15) is 4.79 Å². The molecule has 104 valence electrons. The average Bonchev–Trinajstić information content (AvgIpc) is 2.39. The highest BCUT2D eigenvalue weighted by molar-refractivity contribution is 5.71. The van der Waals surface area contributed by atoms with Crippen molar-refractivity contribution in [2.75, 3.05) is 33.4 Å². The lowest BCUT2D eigenvalue weighted by atomic mass is 9.93. The van der Waals surface area contributed by atoms with Gasteiger partial charge in [0.15, 0.2) is 0 Å². The summed E-state index contributed by atoms with van der Waals surface area (Å²) in [6.45, 7) is 4.20. The maximum absolute atomic E-state index is 11.5. The van der Waals surface area contributed by atoms with Gasteiger partial charge in [-0.05, 0) is 32.0 Å². The van der Waals surface area contributed by atoms with Gasteiger partial charge in [-0.25, -0.2) is 0 Å². The largest absolute Gasteiger partial charge is 0.493 e. The molecule has 0 saturated heterocycles. The Morgan fingerprint density at radius 3 is 3.05 bits per heavy atom. The van der Waals surface area contributed by atoms with Gasteiger partial charge in [0.1, 0.15) is 5.75 Å². The number of hydrogen-bond acceptors (Lipinski definition) is 4. The average molecular weight is 263 g/mol. The van der Waals surface area contributed by atoms with Crippen LogP contribution >= 0.6 is 0 Å². The van der Waals surface area contributed by atoms with Crippen LogP contribution in [0, 0.1) is 0 Å². The molecule has 0 saturated carbocycles. The molecule has 0 bridgehead atoms. The van der Waals surface area contributed by atoms with E-state index in [4.69, 9.17) is 9.47 Å². The molecule has 0 fully saturated rings. The second-order valence-electron chi connectivity index (χ2n) is 4.87. The van der Waals surface area contributed by atoms with Crippen molar-refractivity contribution in [2.24, 2.45) is 0 Å². The molecule has 1 heterocycles. The van der Waals surface area contributed by atoms with Crippen molar-refractivity contribution in [2.45, 2.75) is 19.3 Å². The molecule has 1 unspecified atom stereocenters. The van der Waals surface area contributed by atoms with Crippen LogP contribution in [0.3, 0.4) is 0 Å². The Labute approximate surface area is 114 Å². The van der Waals surface area contributed by atoms with Crippen molar-refractivity contribution in [1.29, 1.82) is 0 Å². The number of likely N-dealkylation sites (N-methyl/N-ethyl adjacent to an activating group) is 1. The Hall–Kier alpha value is -1.55. The van der Waals surface area contributed by atoms with Crippen molar-refractivity contribution < 1.29 is 14.3 Å². The number of esters is 1. The van der Waals surface area contributed by atoms with E-state index in [1.54, 1.807) is 0 Å². The SMILES string of the molecule is CCOC(=O)CN(C)CC1CCOc2ccccc21. The molecule has 4 heteroatoms. The first-order valence-electron chi connectivity index (χ1n) is 6.76. The van der Waals surface area contributed by atoms with E-state index < -0.39 is 0 Å². The molecule has 1 aliphatic rings. The number of ether oxygens (including phenoxy) is 2. The molecule has 0 radical (unpaired) electrons. The highest BCUT2D eigenvalue weighted by atomic mass is 16.5. The number of fused-ring (bicyclic) bond motifs is 1. The van der Waals surface area contributed by atoms with Gasteiger partial charge in [-0.3, -0.25) is 9.69 Å². The van der Waals surface area contributed by atoms with Crippen molar-refractivity contribution in [3.8, 4) is 5.75 Å². The first kappa shape index (κ1) is 13.9. The van der Waals surface area contributed by atoms with Gasteiger partial charge in [0.2, 0.25) is 0 Å². The van der Waals surface area contributed by atoms with E-state index in [1.165, 1.54) is 5.56 Å². The van der Waals surface area contributed by atoms with Gasteiger partial charge < -0.3 is 9.47 Å². The lowest BCUT2D eigenvalue weighted by Gasteiger charge is -2.29. The number of rotatable bonds is 5. The number of benzene rings is 1. The van der Waals surface area contributed by atoms with Gasteiger partial charge in [0.05, 0.1) is 19.8 Å². The van der Waals surface area contributed by atoms with Gasteiger partial charge in [0.25, 0.3) is 0 Å². The number of nitrogens with zero attached hydrogens (tertiary/aromatic N) is 1. The molecule has 19 heavy (non-hydrogen) atoms. The molecule has 0 N–H and O–H groups in total. The van der Waals surface area contributed by atoms with E-state index in [0.29, 0.717) is 19.1 Å².